The Hall–Kier alpha value is -2.88. The first-order valence-corrected chi connectivity index (χ1v) is 10.3. The van der Waals surface area contributed by atoms with E-state index in [1.165, 1.54) is 11.0 Å². The molecule has 1 aromatic rings. The largest absolute Gasteiger partial charge is 0.383 e. The molecule has 2 heterocycles. The summed E-state index contributed by atoms with van der Waals surface area (Å²) in [7, 11) is 0. The van der Waals surface area contributed by atoms with Crippen LogP contribution in [0.3, 0.4) is 0 Å². The maximum absolute atomic E-state index is 14.4. The summed E-state index contributed by atoms with van der Waals surface area (Å²) in [5.41, 5.74) is -0.795. The molecule has 166 valence electrons. The van der Waals surface area contributed by atoms with Gasteiger partial charge in [0.15, 0.2) is 0 Å². The first-order valence-electron chi connectivity index (χ1n) is 10.3. The number of carbonyl (C=O) groups is 4. The molecule has 8 nitrogen and oxygen atoms in total. The number of benzene rings is 1. The Bertz CT molecular complexity index is 958. The van der Waals surface area contributed by atoms with Crippen LogP contribution in [-0.4, -0.2) is 51.2 Å². The predicted octanol–water partition coefficient (Wildman–Crippen LogP) is 1.00. The summed E-state index contributed by atoms with van der Waals surface area (Å²) in [4.78, 5) is 49.6. The van der Waals surface area contributed by atoms with Gasteiger partial charge in [0.05, 0.1) is 0 Å². The molecule has 0 spiro atoms. The highest BCUT2D eigenvalue weighted by molar-refractivity contribution is 6.05. The lowest BCUT2D eigenvalue weighted by molar-refractivity contribution is -0.191. The summed E-state index contributed by atoms with van der Waals surface area (Å²) in [6.45, 7) is -0.0392. The lowest BCUT2D eigenvalue weighted by Crippen LogP contribution is -2.55. The maximum Gasteiger partial charge on any atom is 0.352 e. The molecule has 2 fully saturated rings. The molecule has 2 aliphatic heterocycles. The molecule has 1 saturated heterocycles. The molecular formula is C21H23F2N3O5. The van der Waals surface area contributed by atoms with Gasteiger partial charge in [-0.3, -0.25) is 24.5 Å². The van der Waals surface area contributed by atoms with E-state index in [0.29, 0.717) is 29.5 Å². The van der Waals surface area contributed by atoms with Crippen LogP contribution in [0.25, 0.3) is 0 Å². The minimum absolute atomic E-state index is 0.120. The van der Waals surface area contributed by atoms with Gasteiger partial charge in [-0.2, -0.15) is 8.78 Å². The molecular weight excluding hydrogens is 412 g/mol. The van der Waals surface area contributed by atoms with E-state index in [1.54, 1.807) is 12.1 Å². The van der Waals surface area contributed by atoms with Crippen LogP contribution in [0.15, 0.2) is 18.2 Å². The smallest absolute Gasteiger partial charge is 0.352 e. The van der Waals surface area contributed by atoms with E-state index >= 15 is 0 Å². The lowest BCUT2D eigenvalue weighted by Gasteiger charge is -2.30. The zero-order chi connectivity index (χ0) is 22.4. The molecule has 1 aromatic carbocycles. The molecule has 3 aliphatic rings. The number of piperidine rings is 1. The highest BCUT2D eigenvalue weighted by Gasteiger charge is 2.59. The van der Waals surface area contributed by atoms with Gasteiger partial charge in [-0.15, -0.1) is 0 Å². The Morgan fingerprint density at radius 1 is 1.26 bits per heavy atom. The third-order valence-electron chi connectivity index (χ3n) is 6.34. The van der Waals surface area contributed by atoms with Gasteiger partial charge in [0.25, 0.3) is 11.8 Å². The molecule has 1 unspecified atom stereocenters. The van der Waals surface area contributed by atoms with Crippen LogP contribution in [0.4, 0.5) is 8.78 Å². The van der Waals surface area contributed by atoms with Gasteiger partial charge in [0.1, 0.15) is 11.6 Å². The van der Waals surface area contributed by atoms with Crippen molar-refractivity contribution in [3.63, 3.8) is 0 Å². The summed E-state index contributed by atoms with van der Waals surface area (Å²) in [5.74, 6) is -6.65. The Morgan fingerprint density at radius 2 is 1.97 bits per heavy atom. The number of amides is 4. The van der Waals surface area contributed by atoms with E-state index in [-0.39, 0.29) is 50.6 Å². The first kappa shape index (κ1) is 21.4. The van der Waals surface area contributed by atoms with Gasteiger partial charge in [-0.25, -0.2) is 0 Å². The second-order valence-electron chi connectivity index (χ2n) is 8.39. The van der Waals surface area contributed by atoms with Gasteiger partial charge >= 0.3 is 5.92 Å². The fraction of sp³-hybridized carbons (Fsp3) is 0.524. The number of fused-ring (bicyclic) bond motifs is 1. The Balaban J connectivity index is 1.42. The van der Waals surface area contributed by atoms with Crippen LogP contribution < -0.4 is 10.6 Å². The van der Waals surface area contributed by atoms with Crippen LogP contribution in [0.5, 0.6) is 0 Å². The van der Waals surface area contributed by atoms with Crippen molar-refractivity contribution in [3.8, 4) is 0 Å². The number of alkyl halides is 2. The minimum atomic E-state index is -3.89. The number of halogens is 2. The van der Waals surface area contributed by atoms with Crippen LogP contribution in [-0.2, 0) is 27.5 Å². The zero-order valence-electron chi connectivity index (χ0n) is 16.7. The Morgan fingerprint density at radius 3 is 2.65 bits per heavy atom. The molecule has 0 bridgehead atoms. The standard InChI is InChI=1S/C21H23F2N3O5/c22-21(23,20(31)7-1-2-8-20)19(30)24-10-12-3-4-14-13(9-12)11-26(18(14)29)15-5-6-16(27)25-17(15)28/h3-4,9,15,31H,1-2,5-8,10-11H2,(H,24,30)(H,25,27,28). The second-order valence-corrected chi connectivity index (χ2v) is 8.39. The van der Waals surface area contributed by atoms with Crippen molar-refractivity contribution >= 4 is 23.6 Å². The van der Waals surface area contributed by atoms with Gasteiger partial charge in [0, 0.05) is 25.1 Å². The topological polar surface area (TPSA) is 116 Å². The summed E-state index contributed by atoms with van der Waals surface area (Å²) < 4.78 is 28.9. The van der Waals surface area contributed by atoms with Gasteiger partial charge in [-0.05, 0) is 36.5 Å². The average molecular weight is 435 g/mol. The summed E-state index contributed by atoms with van der Waals surface area (Å²) in [6, 6.07) is 3.97. The van der Waals surface area contributed by atoms with Crippen molar-refractivity contribution in [1.82, 2.24) is 15.5 Å². The summed E-state index contributed by atoms with van der Waals surface area (Å²) in [6.07, 6.45) is 1.04. The van der Waals surface area contributed by atoms with Crippen molar-refractivity contribution in [2.75, 3.05) is 0 Å². The van der Waals surface area contributed by atoms with E-state index in [1.807, 2.05) is 0 Å². The van der Waals surface area contributed by atoms with E-state index in [4.69, 9.17) is 0 Å². The van der Waals surface area contributed by atoms with Gasteiger partial charge < -0.3 is 15.3 Å². The summed E-state index contributed by atoms with van der Waals surface area (Å²) >= 11 is 0. The Labute approximate surface area is 177 Å². The third kappa shape index (κ3) is 3.69. The predicted molar refractivity (Wildman–Crippen MR) is 103 cm³/mol. The quantitative estimate of drug-likeness (QED) is 0.597. The van der Waals surface area contributed by atoms with Crippen molar-refractivity contribution in [2.45, 2.75) is 69.2 Å². The van der Waals surface area contributed by atoms with E-state index in [0.717, 1.165) is 0 Å². The summed E-state index contributed by atoms with van der Waals surface area (Å²) in [5, 5.41) is 14.5. The number of nitrogens with one attached hydrogen (secondary N) is 2. The van der Waals surface area contributed by atoms with Gasteiger partial charge in [-0.1, -0.05) is 25.0 Å². The molecule has 31 heavy (non-hydrogen) atoms. The minimum Gasteiger partial charge on any atom is -0.383 e. The number of hydrogen-bond acceptors (Lipinski definition) is 5. The lowest BCUT2D eigenvalue weighted by atomic mass is 9.93. The average Bonchev–Trinajstić information content (AvgIpc) is 3.31. The number of carbonyl (C=O) groups excluding carboxylic acids is 4. The van der Waals surface area contributed by atoms with Crippen LogP contribution in [0, 0.1) is 0 Å². The van der Waals surface area contributed by atoms with Crippen molar-refractivity contribution in [3.05, 3.63) is 34.9 Å². The first-order chi connectivity index (χ1) is 14.6. The normalized spacial score (nSPS) is 23.0. The van der Waals surface area contributed by atoms with Crippen LogP contribution in [0.2, 0.25) is 0 Å². The van der Waals surface area contributed by atoms with Gasteiger partial charge in [0.2, 0.25) is 11.8 Å². The second kappa shape index (κ2) is 7.67. The van der Waals surface area contributed by atoms with Crippen LogP contribution in [0.1, 0.15) is 60.0 Å². The highest BCUT2D eigenvalue weighted by Crippen LogP contribution is 2.42. The van der Waals surface area contributed by atoms with Crippen LogP contribution >= 0.6 is 0 Å². The number of nitrogens with zero attached hydrogens (tertiary/aromatic N) is 1. The van der Waals surface area contributed by atoms with Crippen molar-refractivity contribution in [1.29, 1.82) is 0 Å². The Kier molecular flexibility index (Phi) is 5.28. The van der Waals surface area contributed by atoms with E-state index < -0.39 is 29.4 Å². The van der Waals surface area contributed by atoms with Crippen molar-refractivity contribution in [2.24, 2.45) is 0 Å². The number of imide groups is 1. The zero-order valence-corrected chi connectivity index (χ0v) is 16.7. The molecule has 1 saturated carbocycles. The third-order valence-corrected chi connectivity index (χ3v) is 6.34. The fourth-order valence-electron chi connectivity index (χ4n) is 4.52. The van der Waals surface area contributed by atoms with E-state index in [9.17, 15) is 33.1 Å². The molecule has 4 amide bonds. The number of hydrogen-bond donors (Lipinski definition) is 3. The SMILES string of the molecule is O=C1CCC(N2Cc3cc(CNC(=O)C(F)(F)C4(O)CCCC4)ccc3C2=O)C(=O)N1. The van der Waals surface area contributed by atoms with Crippen molar-refractivity contribution < 1.29 is 33.1 Å². The molecule has 1 atom stereocenters. The number of rotatable bonds is 5. The molecule has 1 aliphatic carbocycles. The highest BCUT2D eigenvalue weighted by atomic mass is 19.3. The molecule has 3 N–H and O–H groups in total. The van der Waals surface area contributed by atoms with E-state index in [2.05, 4.69) is 10.6 Å². The molecule has 4 rings (SSSR count). The number of aliphatic hydroxyl groups is 1. The molecule has 0 radical (unpaired) electrons. The monoisotopic (exact) mass is 435 g/mol. The molecule has 10 heteroatoms. The molecule has 0 aromatic heterocycles. The maximum atomic E-state index is 14.4. The fourth-order valence-corrected chi connectivity index (χ4v) is 4.52.